The predicted molar refractivity (Wildman–Crippen MR) is 99.1 cm³/mol. The van der Waals surface area contributed by atoms with Gasteiger partial charge in [-0.2, -0.15) is 0 Å². The molecule has 134 valence electrons. The van der Waals surface area contributed by atoms with Crippen molar-refractivity contribution in [1.29, 1.82) is 0 Å². The van der Waals surface area contributed by atoms with E-state index < -0.39 is 0 Å². The average molecular weight is 342 g/mol. The molecule has 25 heavy (non-hydrogen) atoms. The van der Waals surface area contributed by atoms with Crippen molar-refractivity contribution in [3.05, 3.63) is 59.7 Å². The molecule has 2 aromatic carbocycles. The minimum absolute atomic E-state index is 0.00308. The molecule has 0 heterocycles. The van der Waals surface area contributed by atoms with E-state index in [9.17, 15) is 4.79 Å². The van der Waals surface area contributed by atoms with Crippen molar-refractivity contribution in [2.45, 2.75) is 12.5 Å². The summed E-state index contributed by atoms with van der Waals surface area (Å²) in [6.45, 7) is 0.561. The molecule has 1 amide bonds. The number of carbonyl (C=O) groups excluding carboxylic acids is 1. The Morgan fingerprint density at radius 1 is 1.04 bits per heavy atom. The predicted octanol–water partition coefficient (Wildman–Crippen LogP) is 2.67. The van der Waals surface area contributed by atoms with Gasteiger partial charge in [-0.05, 0) is 43.8 Å². The van der Waals surface area contributed by atoms with Gasteiger partial charge in [0.05, 0.1) is 14.2 Å². The van der Waals surface area contributed by atoms with Gasteiger partial charge in [-0.15, -0.1) is 0 Å². The van der Waals surface area contributed by atoms with Gasteiger partial charge in [0.15, 0.2) is 11.5 Å². The smallest absolute Gasteiger partial charge is 0.241 e. The van der Waals surface area contributed by atoms with Crippen molar-refractivity contribution in [2.75, 3.05) is 34.9 Å². The topological polar surface area (TPSA) is 50.8 Å². The first kappa shape index (κ1) is 18.8. The highest BCUT2D eigenvalue weighted by atomic mass is 16.5. The molecular formula is C20H26N2O3. The van der Waals surface area contributed by atoms with E-state index in [0.717, 1.165) is 17.5 Å². The highest BCUT2D eigenvalue weighted by Crippen LogP contribution is 2.27. The summed E-state index contributed by atoms with van der Waals surface area (Å²) in [6.07, 6.45) is 0.723. The largest absolute Gasteiger partial charge is 0.493 e. The van der Waals surface area contributed by atoms with Crippen LogP contribution in [0.1, 0.15) is 17.2 Å². The zero-order valence-electron chi connectivity index (χ0n) is 15.3. The standard InChI is InChI=1S/C20H26N2O3/c1-22(2)19(16-8-6-5-7-9-16)20(23)21-13-12-15-10-11-17(24-3)18(14-15)25-4/h5-11,14,19H,12-13H2,1-4H3,(H,21,23). The van der Waals surface area contributed by atoms with Crippen molar-refractivity contribution in [1.82, 2.24) is 10.2 Å². The zero-order chi connectivity index (χ0) is 18.2. The number of nitrogens with zero attached hydrogens (tertiary/aromatic N) is 1. The summed E-state index contributed by atoms with van der Waals surface area (Å²) in [5.74, 6) is 1.39. The number of ether oxygens (including phenoxy) is 2. The Morgan fingerprint density at radius 3 is 2.32 bits per heavy atom. The SMILES string of the molecule is COc1ccc(CCNC(=O)C(c2ccccc2)N(C)C)cc1OC. The Morgan fingerprint density at radius 2 is 1.72 bits per heavy atom. The monoisotopic (exact) mass is 342 g/mol. The van der Waals surface area contributed by atoms with Crippen LogP contribution in [0.5, 0.6) is 11.5 Å². The lowest BCUT2D eigenvalue weighted by atomic mass is 10.1. The quantitative estimate of drug-likeness (QED) is 0.801. The highest BCUT2D eigenvalue weighted by molar-refractivity contribution is 5.83. The van der Waals surface area contributed by atoms with Crippen molar-refractivity contribution < 1.29 is 14.3 Å². The lowest BCUT2D eigenvalue weighted by molar-refractivity contribution is -0.125. The molecule has 0 saturated heterocycles. The fourth-order valence-corrected chi connectivity index (χ4v) is 2.78. The summed E-state index contributed by atoms with van der Waals surface area (Å²) in [6, 6.07) is 15.3. The third-order valence-corrected chi connectivity index (χ3v) is 4.04. The minimum Gasteiger partial charge on any atom is -0.493 e. The van der Waals surface area contributed by atoms with Gasteiger partial charge in [-0.25, -0.2) is 0 Å². The van der Waals surface area contributed by atoms with Gasteiger partial charge in [-0.1, -0.05) is 36.4 Å². The molecule has 1 N–H and O–H groups in total. The van der Waals surface area contributed by atoms with Crippen LogP contribution in [-0.2, 0) is 11.2 Å². The molecule has 1 atom stereocenters. The molecule has 0 spiro atoms. The van der Waals surface area contributed by atoms with Gasteiger partial charge >= 0.3 is 0 Å². The van der Waals surface area contributed by atoms with Gasteiger partial charge < -0.3 is 14.8 Å². The maximum absolute atomic E-state index is 12.6. The number of likely N-dealkylation sites (N-methyl/N-ethyl adjacent to an activating group) is 1. The summed E-state index contributed by atoms with van der Waals surface area (Å²) >= 11 is 0. The van der Waals surface area contributed by atoms with Crippen LogP contribution in [0.4, 0.5) is 0 Å². The first-order chi connectivity index (χ1) is 12.1. The number of carbonyl (C=O) groups is 1. The van der Waals surface area contributed by atoms with E-state index in [1.54, 1.807) is 14.2 Å². The number of nitrogens with one attached hydrogen (secondary N) is 1. The molecule has 0 saturated carbocycles. The second kappa shape index (κ2) is 9.08. The van der Waals surface area contributed by atoms with Gasteiger partial charge in [0.2, 0.25) is 5.91 Å². The average Bonchev–Trinajstić information content (AvgIpc) is 2.62. The Balaban J connectivity index is 1.97. The van der Waals surface area contributed by atoms with Crippen molar-refractivity contribution in [2.24, 2.45) is 0 Å². The van der Waals surface area contributed by atoms with Crippen molar-refractivity contribution >= 4 is 5.91 Å². The molecule has 0 radical (unpaired) electrons. The van der Waals surface area contributed by atoms with Crippen LogP contribution in [-0.4, -0.2) is 45.7 Å². The number of methoxy groups -OCH3 is 2. The van der Waals surface area contributed by atoms with Gasteiger partial charge in [0, 0.05) is 6.54 Å². The van der Waals surface area contributed by atoms with Crippen LogP contribution in [0.2, 0.25) is 0 Å². The minimum atomic E-state index is -0.299. The van der Waals surface area contributed by atoms with E-state index in [1.165, 1.54) is 0 Å². The molecule has 1 unspecified atom stereocenters. The van der Waals surface area contributed by atoms with Crippen LogP contribution in [0.3, 0.4) is 0 Å². The number of rotatable bonds is 8. The summed E-state index contributed by atoms with van der Waals surface area (Å²) in [4.78, 5) is 14.5. The summed E-state index contributed by atoms with van der Waals surface area (Å²) in [5, 5.41) is 3.02. The fourth-order valence-electron chi connectivity index (χ4n) is 2.78. The van der Waals surface area contributed by atoms with E-state index >= 15 is 0 Å². The normalized spacial score (nSPS) is 11.9. The fraction of sp³-hybridized carbons (Fsp3) is 0.350. The number of hydrogen-bond acceptors (Lipinski definition) is 4. The third kappa shape index (κ3) is 4.97. The molecule has 5 heteroatoms. The Hall–Kier alpha value is -2.53. The van der Waals surface area contributed by atoms with Crippen LogP contribution < -0.4 is 14.8 Å². The van der Waals surface area contributed by atoms with Gasteiger partial charge in [0.25, 0.3) is 0 Å². The first-order valence-electron chi connectivity index (χ1n) is 8.26. The lowest BCUT2D eigenvalue weighted by Crippen LogP contribution is -2.37. The number of hydrogen-bond donors (Lipinski definition) is 1. The maximum atomic E-state index is 12.6. The van der Waals surface area contributed by atoms with Crippen LogP contribution in [0, 0.1) is 0 Å². The van der Waals surface area contributed by atoms with Crippen LogP contribution >= 0.6 is 0 Å². The molecule has 0 aliphatic heterocycles. The van der Waals surface area contributed by atoms with E-state index in [0.29, 0.717) is 18.0 Å². The molecule has 5 nitrogen and oxygen atoms in total. The van der Waals surface area contributed by atoms with Crippen LogP contribution in [0.25, 0.3) is 0 Å². The van der Waals surface area contributed by atoms with E-state index in [2.05, 4.69) is 5.32 Å². The number of benzene rings is 2. The summed E-state index contributed by atoms with van der Waals surface area (Å²) < 4.78 is 10.6. The van der Waals surface area contributed by atoms with Crippen LogP contribution in [0.15, 0.2) is 48.5 Å². The van der Waals surface area contributed by atoms with E-state index in [4.69, 9.17) is 9.47 Å². The summed E-state index contributed by atoms with van der Waals surface area (Å²) in [5.41, 5.74) is 2.06. The Kier molecular flexibility index (Phi) is 6.83. The first-order valence-corrected chi connectivity index (χ1v) is 8.26. The van der Waals surface area contributed by atoms with Gasteiger partial charge in [-0.3, -0.25) is 9.69 Å². The van der Waals surface area contributed by atoms with E-state index in [-0.39, 0.29) is 11.9 Å². The third-order valence-electron chi connectivity index (χ3n) is 4.04. The zero-order valence-corrected chi connectivity index (χ0v) is 15.3. The molecule has 0 aliphatic carbocycles. The number of amides is 1. The second-order valence-corrected chi connectivity index (χ2v) is 6.01. The molecule has 0 aliphatic rings. The highest BCUT2D eigenvalue weighted by Gasteiger charge is 2.22. The lowest BCUT2D eigenvalue weighted by Gasteiger charge is -2.23. The molecule has 0 bridgehead atoms. The molecule has 0 aromatic heterocycles. The Labute approximate surface area is 149 Å². The van der Waals surface area contributed by atoms with Crippen molar-refractivity contribution in [3.8, 4) is 11.5 Å². The second-order valence-electron chi connectivity index (χ2n) is 6.01. The van der Waals surface area contributed by atoms with Crippen molar-refractivity contribution in [3.63, 3.8) is 0 Å². The van der Waals surface area contributed by atoms with Gasteiger partial charge in [0.1, 0.15) is 6.04 Å². The molecule has 0 fully saturated rings. The maximum Gasteiger partial charge on any atom is 0.241 e. The molecule has 2 aromatic rings. The summed E-state index contributed by atoms with van der Waals surface area (Å²) in [7, 11) is 7.05. The Bertz CT molecular complexity index is 687. The molecule has 2 rings (SSSR count). The molecular weight excluding hydrogens is 316 g/mol. The van der Waals surface area contributed by atoms with E-state index in [1.807, 2.05) is 67.5 Å².